The minimum absolute atomic E-state index is 1.29. The monoisotopic (exact) mass is 303 g/mol. The zero-order chi connectivity index (χ0) is 13.4. The van der Waals surface area contributed by atoms with Crippen molar-refractivity contribution in [1.82, 2.24) is 0 Å². The van der Waals surface area contributed by atoms with E-state index in [4.69, 9.17) is 0 Å². The van der Waals surface area contributed by atoms with Crippen molar-refractivity contribution >= 4 is 26.0 Å². The van der Waals surface area contributed by atoms with Crippen LogP contribution in [0.5, 0.6) is 0 Å². The number of para-hydroxylation sites is 1. The number of hydrogen-bond acceptors (Lipinski definition) is 1. The maximum atomic E-state index is 2.41. The number of unbranched alkanes of at least 4 members (excludes halogenated alkanes) is 2. The second kappa shape index (κ2) is 8.71. The summed E-state index contributed by atoms with van der Waals surface area (Å²) in [4.78, 5) is 5.34. The van der Waals surface area contributed by atoms with Crippen LogP contribution in [-0.4, -0.2) is 30.3 Å². The molecule has 0 aliphatic rings. The second-order valence-corrected chi connectivity index (χ2v) is 12.1. The molecule has 0 aliphatic carbocycles. The molecule has 0 aliphatic heterocycles. The van der Waals surface area contributed by atoms with Crippen molar-refractivity contribution in [2.24, 2.45) is 0 Å². The summed E-state index contributed by atoms with van der Waals surface area (Å²) in [5.74, 6) is 0. The van der Waals surface area contributed by atoms with Gasteiger partial charge >= 0.3 is 119 Å². The van der Waals surface area contributed by atoms with Crippen LogP contribution in [0.25, 0.3) is 0 Å². The molecular weight excluding hydrogens is 276 g/mol. The number of rotatable bonds is 8. The van der Waals surface area contributed by atoms with Crippen LogP contribution in [0.4, 0.5) is 5.69 Å². The Morgan fingerprint density at radius 1 is 0.944 bits per heavy atom. The Bertz CT molecular complexity index is 328. The maximum absolute atomic E-state index is 2.41. The Labute approximate surface area is 119 Å². The van der Waals surface area contributed by atoms with Gasteiger partial charge in [0.15, 0.2) is 0 Å². The standard InChI is InChI=1S/C8H10N.2C4H9.Ga/c1-9(2)8-6-4-3-5-7-8;2*1-3-4-2;/h3-6H,1-2H3;2*1,3-4H2,2H3;. The topological polar surface area (TPSA) is 3.24 Å². The predicted octanol–water partition coefficient (Wildman–Crippen LogP) is 4.05. The fraction of sp³-hybridized carbons (Fsp3) is 0.625. The van der Waals surface area contributed by atoms with Crippen LogP contribution in [-0.2, 0) is 0 Å². The number of anilines is 1. The molecule has 18 heavy (non-hydrogen) atoms. The summed E-state index contributed by atoms with van der Waals surface area (Å²) >= 11 is -1.29. The molecule has 0 saturated heterocycles. The average Bonchev–Trinajstić information content (AvgIpc) is 2.39. The predicted molar refractivity (Wildman–Crippen MR) is 85.6 cm³/mol. The molecular formula is C16H28GaN. The summed E-state index contributed by atoms with van der Waals surface area (Å²) < 4.78 is 1.73. The molecule has 100 valence electrons. The number of benzene rings is 1. The van der Waals surface area contributed by atoms with E-state index in [1.165, 1.54) is 41.3 Å². The molecule has 1 aromatic carbocycles. The first-order valence-corrected chi connectivity index (χ1v) is 12.1. The molecule has 0 aromatic heterocycles. The summed E-state index contributed by atoms with van der Waals surface area (Å²) in [6, 6.07) is 9.12. The van der Waals surface area contributed by atoms with Gasteiger partial charge in [0, 0.05) is 0 Å². The molecule has 1 rings (SSSR count). The zero-order valence-electron chi connectivity index (χ0n) is 12.6. The van der Waals surface area contributed by atoms with Gasteiger partial charge in [-0.05, 0) is 0 Å². The van der Waals surface area contributed by atoms with E-state index in [1.807, 2.05) is 0 Å². The number of hydrogen-bond donors (Lipinski definition) is 0. The average molecular weight is 304 g/mol. The molecule has 0 heterocycles. The van der Waals surface area contributed by atoms with Gasteiger partial charge < -0.3 is 0 Å². The Hall–Kier alpha value is -0.344. The molecule has 0 spiro atoms. The van der Waals surface area contributed by atoms with Gasteiger partial charge in [-0.1, -0.05) is 0 Å². The molecule has 0 N–H and O–H groups in total. The molecule has 0 bridgehead atoms. The van der Waals surface area contributed by atoms with E-state index in [9.17, 15) is 0 Å². The first kappa shape index (κ1) is 15.7. The van der Waals surface area contributed by atoms with Crippen LogP contribution in [0.3, 0.4) is 0 Å². The molecule has 1 aromatic rings. The number of nitrogens with zero attached hydrogens (tertiary/aromatic N) is 1. The van der Waals surface area contributed by atoms with Crippen LogP contribution >= 0.6 is 0 Å². The fourth-order valence-electron chi connectivity index (χ4n) is 2.60. The van der Waals surface area contributed by atoms with E-state index in [2.05, 4.69) is 57.1 Å². The Morgan fingerprint density at radius 2 is 1.50 bits per heavy atom. The molecule has 0 saturated carbocycles. The molecule has 0 atom stereocenters. The van der Waals surface area contributed by atoms with Crippen molar-refractivity contribution in [3.8, 4) is 0 Å². The Morgan fingerprint density at radius 3 is 2.00 bits per heavy atom. The molecule has 0 unspecified atom stereocenters. The van der Waals surface area contributed by atoms with Crippen LogP contribution < -0.4 is 9.02 Å². The van der Waals surface area contributed by atoms with Crippen molar-refractivity contribution in [2.75, 3.05) is 19.0 Å². The third-order valence-corrected chi connectivity index (χ3v) is 11.2. The molecule has 2 heteroatoms. The van der Waals surface area contributed by atoms with Gasteiger partial charge in [-0.2, -0.15) is 0 Å². The third-order valence-electron chi connectivity index (χ3n) is 3.67. The second-order valence-electron chi connectivity index (χ2n) is 5.43. The van der Waals surface area contributed by atoms with Gasteiger partial charge in [0.1, 0.15) is 0 Å². The summed E-state index contributed by atoms with van der Waals surface area (Å²) in [5, 5.41) is 0. The van der Waals surface area contributed by atoms with Crippen molar-refractivity contribution in [2.45, 2.75) is 49.5 Å². The third kappa shape index (κ3) is 4.73. The van der Waals surface area contributed by atoms with E-state index < -0.39 is 16.2 Å². The van der Waals surface area contributed by atoms with Gasteiger partial charge in [-0.25, -0.2) is 0 Å². The van der Waals surface area contributed by atoms with Crippen LogP contribution in [0.15, 0.2) is 24.3 Å². The van der Waals surface area contributed by atoms with E-state index >= 15 is 0 Å². The summed E-state index contributed by atoms with van der Waals surface area (Å²) in [6.45, 7) is 4.63. The van der Waals surface area contributed by atoms with Crippen molar-refractivity contribution in [3.05, 3.63) is 24.3 Å². The van der Waals surface area contributed by atoms with E-state index in [-0.39, 0.29) is 0 Å². The van der Waals surface area contributed by atoms with Gasteiger partial charge in [0.2, 0.25) is 0 Å². The molecule has 1 nitrogen and oxygen atoms in total. The SMILES string of the molecule is CCC[CH2][Ga]([CH2]CCC)[c]1ccccc1N(C)C. The van der Waals surface area contributed by atoms with E-state index in [1.54, 1.807) is 4.12 Å². The summed E-state index contributed by atoms with van der Waals surface area (Å²) in [7, 11) is 4.36. The minimum atomic E-state index is -1.29. The first-order chi connectivity index (χ1) is 8.70. The Kier molecular flexibility index (Phi) is 7.60. The fourth-order valence-corrected chi connectivity index (χ4v) is 10.7. The van der Waals surface area contributed by atoms with Gasteiger partial charge in [-0.3, -0.25) is 0 Å². The van der Waals surface area contributed by atoms with E-state index in [0.717, 1.165) is 0 Å². The van der Waals surface area contributed by atoms with E-state index in [0.29, 0.717) is 0 Å². The van der Waals surface area contributed by atoms with Crippen molar-refractivity contribution in [1.29, 1.82) is 0 Å². The van der Waals surface area contributed by atoms with Gasteiger partial charge in [0.05, 0.1) is 0 Å². The van der Waals surface area contributed by atoms with Crippen molar-refractivity contribution in [3.63, 3.8) is 0 Å². The van der Waals surface area contributed by atoms with Crippen molar-refractivity contribution < 1.29 is 0 Å². The van der Waals surface area contributed by atoms with Crippen LogP contribution in [0.2, 0.25) is 9.95 Å². The molecule has 0 amide bonds. The zero-order valence-corrected chi connectivity index (χ0v) is 15.0. The van der Waals surface area contributed by atoms with Crippen LogP contribution in [0, 0.1) is 0 Å². The quantitative estimate of drug-likeness (QED) is 0.655. The Balaban J connectivity index is 2.88. The van der Waals surface area contributed by atoms with Gasteiger partial charge in [0.25, 0.3) is 0 Å². The molecule has 0 radical (unpaired) electrons. The molecule has 0 fully saturated rings. The summed E-state index contributed by atoms with van der Waals surface area (Å²) in [5.41, 5.74) is 1.48. The first-order valence-electron chi connectivity index (χ1n) is 7.46. The summed E-state index contributed by atoms with van der Waals surface area (Å²) in [6.07, 6.45) is 5.54. The normalized spacial score (nSPS) is 10.4. The van der Waals surface area contributed by atoms with Crippen LogP contribution in [0.1, 0.15) is 39.5 Å². The van der Waals surface area contributed by atoms with Gasteiger partial charge in [-0.15, -0.1) is 0 Å².